The highest BCUT2D eigenvalue weighted by Gasteiger charge is 2.43. The molecule has 0 bridgehead atoms. The second-order valence-corrected chi connectivity index (χ2v) is 7.12. The Morgan fingerprint density at radius 2 is 1.81 bits per heavy atom. The summed E-state index contributed by atoms with van der Waals surface area (Å²) in [5.74, 6) is 1.87. The third-order valence-corrected chi connectivity index (χ3v) is 5.41. The van der Waals surface area contributed by atoms with Crippen LogP contribution in [-0.2, 0) is 12.0 Å². The molecule has 3 rings (SSSR count). The van der Waals surface area contributed by atoms with Gasteiger partial charge < -0.3 is 15.5 Å². The molecule has 1 aliphatic rings. The summed E-state index contributed by atoms with van der Waals surface area (Å²) < 4.78 is 0. The van der Waals surface area contributed by atoms with Gasteiger partial charge in [0.15, 0.2) is 5.96 Å². The second kappa shape index (κ2) is 8.89. The lowest BCUT2D eigenvalue weighted by Crippen LogP contribution is -2.40. The molecule has 27 heavy (non-hydrogen) atoms. The lowest BCUT2D eigenvalue weighted by Gasteiger charge is -2.20. The fourth-order valence-corrected chi connectivity index (χ4v) is 3.43. The first-order valence-electron chi connectivity index (χ1n) is 9.90. The molecule has 0 amide bonds. The monoisotopic (exact) mass is 365 g/mol. The van der Waals surface area contributed by atoms with Crippen molar-refractivity contribution in [1.29, 1.82) is 0 Å². The number of aliphatic imine (C=N–C) groups is 1. The van der Waals surface area contributed by atoms with E-state index < -0.39 is 0 Å². The summed E-state index contributed by atoms with van der Waals surface area (Å²) in [6, 6.07) is 15.0. The Morgan fingerprint density at radius 3 is 2.37 bits per heavy atom. The van der Waals surface area contributed by atoms with Crippen LogP contribution < -0.4 is 15.5 Å². The van der Waals surface area contributed by atoms with Crippen molar-refractivity contribution in [2.75, 3.05) is 31.6 Å². The van der Waals surface area contributed by atoms with Gasteiger partial charge in [-0.05, 0) is 43.9 Å². The van der Waals surface area contributed by atoms with Crippen LogP contribution in [0.15, 0.2) is 53.7 Å². The molecule has 5 heteroatoms. The Balaban J connectivity index is 1.51. The van der Waals surface area contributed by atoms with E-state index in [0.29, 0.717) is 6.54 Å². The maximum atomic E-state index is 4.59. The fraction of sp³-hybridized carbons (Fsp3) is 0.455. The van der Waals surface area contributed by atoms with E-state index in [1.165, 1.54) is 18.4 Å². The van der Waals surface area contributed by atoms with Gasteiger partial charge in [-0.2, -0.15) is 0 Å². The van der Waals surface area contributed by atoms with Crippen molar-refractivity contribution in [3.8, 4) is 0 Å². The summed E-state index contributed by atoms with van der Waals surface area (Å²) in [6.07, 6.45) is 4.41. The molecule has 0 spiro atoms. The van der Waals surface area contributed by atoms with Crippen molar-refractivity contribution in [3.63, 3.8) is 0 Å². The summed E-state index contributed by atoms with van der Waals surface area (Å²) in [7, 11) is 1.82. The van der Waals surface area contributed by atoms with Crippen LogP contribution in [0, 0.1) is 0 Å². The number of benzene rings is 1. The normalized spacial score (nSPS) is 15.3. The molecular formula is C22H31N5. The predicted molar refractivity (Wildman–Crippen MR) is 113 cm³/mol. The number of aromatic nitrogens is 1. The average Bonchev–Trinajstić information content (AvgIpc) is 3.52. The van der Waals surface area contributed by atoms with E-state index in [9.17, 15) is 0 Å². The highest BCUT2D eigenvalue weighted by atomic mass is 15.2. The van der Waals surface area contributed by atoms with Crippen molar-refractivity contribution in [3.05, 3.63) is 59.8 Å². The number of rotatable bonds is 8. The van der Waals surface area contributed by atoms with Crippen molar-refractivity contribution in [2.24, 2.45) is 4.99 Å². The van der Waals surface area contributed by atoms with Crippen molar-refractivity contribution in [1.82, 2.24) is 15.6 Å². The van der Waals surface area contributed by atoms with E-state index in [1.54, 1.807) is 0 Å². The van der Waals surface area contributed by atoms with Gasteiger partial charge in [-0.25, -0.2) is 4.98 Å². The molecule has 0 radical (unpaired) electrons. The number of nitrogens with one attached hydrogen (secondary N) is 2. The molecule has 2 aromatic rings. The molecule has 1 aromatic carbocycles. The smallest absolute Gasteiger partial charge is 0.191 e. The minimum absolute atomic E-state index is 0.270. The molecule has 144 valence electrons. The van der Waals surface area contributed by atoms with Crippen molar-refractivity contribution in [2.45, 2.75) is 38.6 Å². The van der Waals surface area contributed by atoms with Gasteiger partial charge in [0.1, 0.15) is 5.82 Å². The first kappa shape index (κ1) is 19.2. The SMILES string of the molecule is CCN(CC)c1ccc(CNC(=NC)NCC2(c3ccccc3)CC2)cn1. The van der Waals surface area contributed by atoms with Crippen LogP contribution in [0.1, 0.15) is 37.8 Å². The van der Waals surface area contributed by atoms with Gasteiger partial charge in [0.2, 0.25) is 0 Å². The van der Waals surface area contributed by atoms with Gasteiger partial charge in [-0.15, -0.1) is 0 Å². The zero-order valence-corrected chi connectivity index (χ0v) is 16.7. The lowest BCUT2D eigenvalue weighted by atomic mass is 9.96. The minimum Gasteiger partial charge on any atom is -0.357 e. The molecule has 1 saturated carbocycles. The van der Waals surface area contributed by atoms with Gasteiger partial charge in [-0.1, -0.05) is 36.4 Å². The van der Waals surface area contributed by atoms with Crippen LogP contribution in [-0.4, -0.2) is 37.6 Å². The molecule has 5 nitrogen and oxygen atoms in total. The number of hydrogen-bond acceptors (Lipinski definition) is 3. The molecule has 0 aliphatic heterocycles. The Bertz CT molecular complexity index is 731. The van der Waals surface area contributed by atoms with Crippen LogP contribution in [0.5, 0.6) is 0 Å². The number of guanidine groups is 1. The molecule has 1 aromatic heterocycles. The van der Waals surface area contributed by atoms with Crippen molar-refractivity contribution < 1.29 is 0 Å². The molecule has 2 N–H and O–H groups in total. The van der Waals surface area contributed by atoms with E-state index in [2.05, 4.69) is 81.8 Å². The molecular weight excluding hydrogens is 334 g/mol. The van der Waals surface area contributed by atoms with Crippen molar-refractivity contribution >= 4 is 11.8 Å². The Labute approximate surface area is 162 Å². The highest BCUT2D eigenvalue weighted by molar-refractivity contribution is 5.79. The number of anilines is 1. The van der Waals surface area contributed by atoms with Gasteiger partial charge >= 0.3 is 0 Å². The molecule has 0 atom stereocenters. The highest BCUT2D eigenvalue weighted by Crippen LogP contribution is 2.47. The topological polar surface area (TPSA) is 52.5 Å². The maximum Gasteiger partial charge on any atom is 0.191 e. The Hall–Kier alpha value is -2.56. The molecule has 1 fully saturated rings. The van der Waals surface area contributed by atoms with E-state index in [-0.39, 0.29) is 5.41 Å². The Morgan fingerprint density at radius 1 is 1.07 bits per heavy atom. The van der Waals surface area contributed by atoms with E-state index >= 15 is 0 Å². The van der Waals surface area contributed by atoms with Crippen LogP contribution >= 0.6 is 0 Å². The molecule has 1 heterocycles. The molecule has 0 saturated heterocycles. The number of nitrogens with zero attached hydrogens (tertiary/aromatic N) is 3. The zero-order chi connectivity index (χ0) is 19.1. The van der Waals surface area contributed by atoms with Gasteiger partial charge in [0.05, 0.1) is 0 Å². The second-order valence-electron chi connectivity index (χ2n) is 7.12. The largest absolute Gasteiger partial charge is 0.357 e. The first-order chi connectivity index (χ1) is 13.2. The summed E-state index contributed by atoms with van der Waals surface area (Å²) in [4.78, 5) is 11.2. The molecule has 0 unspecified atom stereocenters. The fourth-order valence-electron chi connectivity index (χ4n) is 3.43. The quantitative estimate of drug-likeness (QED) is 0.557. The number of hydrogen-bond donors (Lipinski definition) is 2. The average molecular weight is 366 g/mol. The Kier molecular flexibility index (Phi) is 6.32. The maximum absolute atomic E-state index is 4.59. The first-order valence-corrected chi connectivity index (χ1v) is 9.90. The van der Waals surface area contributed by atoms with Crippen LogP contribution in [0.25, 0.3) is 0 Å². The predicted octanol–water partition coefficient (Wildman–Crippen LogP) is 3.32. The van der Waals surface area contributed by atoms with Crippen LogP contribution in [0.4, 0.5) is 5.82 Å². The number of pyridine rings is 1. The van der Waals surface area contributed by atoms with E-state index in [0.717, 1.165) is 37.0 Å². The standard InChI is InChI=1S/C22H31N5/c1-4-27(5-2)20-12-11-18(15-24-20)16-25-21(23-3)26-17-22(13-14-22)19-9-7-6-8-10-19/h6-12,15H,4-5,13-14,16-17H2,1-3H3,(H2,23,25,26). The molecule has 1 aliphatic carbocycles. The van der Waals surface area contributed by atoms with E-state index in [1.807, 2.05) is 13.2 Å². The van der Waals surface area contributed by atoms with E-state index in [4.69, 9.17) is 0 Å². The van der Waals surface area contributed by atoms with Gasteiger partial charge in [0, 0.05) is 44.8 Å². The summed E-state index contributed by atoms with van der Waals surface area (Å²) in [6.45, 7) is 7.87. The summed E-state index contributed by atoms with van der Waals surface area (Å²) >= 11 is 0. The third kappa shape index (κ3) is 4.79. The van der Waals surface area contributed by atoms with Gasteiger partial charge in [0.25, 0.3) is 0 Å². The lowest BCUT2D eigenvalue weighted by molar-refractivity contribution is 0.645. The minimum atomic E-state index is 0.270. The van der Waals surface area contributed by atoms with Crippen LogP contribution in [0.2, 0.25) is 0 Å². The van der Waals surface area contributed by atoms with Gasteiger partial charge in [-0.3, -0.25) is 4.99 Å². The van der Waals surface area contributed by atoms with Crippen LogP contribution in [0.3, 0.4) is 0 Å². The summed E-state index contributed by atoms with van der Waals surface area (Å²) in [5.41, 5.74) is 2.84. The zero-order valence-electron chi connectivity index (χ0n) is 16.7. The third-order valence-electron chi connectivity index (χ3n) is 5.41. The summed E-state index contributed by atoms with van der Waals surface area (Å²) in [5, 5.41) is 6.90.